The number of aromatic nitrogens is 6. The van der Waals surface area contributed by atoms with Crippen LogP contribution in [0, 0.1) is 6.92 Å². The molecule has 3 heterocycles. The summed E-state index contributed by atoms with van der Waals surface area (Å²) in [6, 6.07) is -0.979. The molecule has 1 unspecified atom stereocenters. The average Bonchev–Trinajstić information content (AvgIpc) is 3.21. The maximum atomic E-state index is 13.3. The number of hydrogen-bond donors (Lipinski definition) is 1. The zero-order valence-electron chi connectivity index (χ0n) is 17.8. The standard InChI is InChI=1S/C20H23ClF3N7O/c1-4-30-11(2)14(7-26-30)9-29-10-15(8-25-29)27-19(32)12(3)31-17(13-5-6-13)16(21)18(28-31)20(22,23)24/h7-8,10,12-13H,4-6,9H2,1-3H3,(H,27,32). The average molecular weight is 470 g/mol. The summed E-state index contributed by atoms with van der Waals surface area (Å²) < 4.78 is 44.5. The molecule has 32 heavy (non-hydrogen) atoms. The first-order chi connectivity index (χ1) is 15.1. The lowest BCUT2D eigenvalue weighted by Gasteiger charge is -2.15. The van der Waals surface area contributed by atoms with E-state index in [0.717, 1.165) is 35.3 Å². The largest absolute Gasteiger partial charge is 0.436 e. The molecule has 1 atom stereocenters. The summed E-state index contributed by atoms with van der Waals surface area (Å²) in [5.41, 5.74) is 1.58. The molecule has 12 heteroatoms. The van der Waals surface area contributed by atoms with Gasteiger partial charge in [-0.2, -0.15) is 28.5 Å². The van der Waals surface area contributed by atoms with Crippen molar-refractivity contribution in [3.8, 4) is 0 Å². The molecule has 1 N–H and O–H groups in total. The fraction of sp³-hybridized carbons (Fsp3) is 0.500. The van der Waals surface area contributed by atoms with Gasteiger partial charge in [0, 0.05) is 29.9 Å². The predicted molar refractivity (Wildman–Crippen MR) is 112 cm³/mol. The third-order valence-corrected chi connectivity index (χ3v) is 5.98. The molecule has 8 nitrogen and oxygen atoms in total. The van der Waals surface area contributed by atoms with Crippen LogP contribution in [-0.4, -0.2) is 35.2 Å². The third-order valence-electron chi connectivity index (χ3n) is 5.60. The van der Waals surface area contributed by atoms with Gasteiger partial charge in [0.15, 0.2) is 5.69 Å². The van der Waals surface area contributed by atoms with E-state index < -0.39 is 28.8 Å². The van der Waals surface area contributed by atoms with Crippen molar-refractivity contribution in [2.24, 2.45) is 0 Å². The second kappa shape index (κ2) is 8.27. The van der Waals surface area contributed by atoms with E-state index in [1.807, 2.05) is 18.5 Å². The van der Waals surface area contributed by atoms with Gasteiger partial charge in [-0.25, -0.2) is 0 Å². The second-order valence-corrected chi connectivity index (χ2v) is 8.31. The monoisotopic (exact) mass is 469 g/mol. The number of carbonyl (C=O) groups excluding carboxylic acids is 1. The summed E-state index contributed by atoms with van der Waals surface area (Å²) in [6.07, 6.45) is 1.68. The summed E-state index contributed by atoms with van der Waals surface area (Å²) in [5, 5.41) is 14.5. The molecular formula is C20H23ClF3N7O. The summed E-state index contributed by atoms with van der Waals surface area (Å²) >= 11 is 6.01. The quantitative estimate of drug-likeness (QED) is 0.556. The minimum Gasteiger partial charge on any atom is -0.322 e. The van der Waals surface area contributed by atoms with E-state index in [1.165, 1.54) is 13.1 Å². The van der Waals surface area contributed by atoms with Crippen LogP contribution in [-0.2, 0) is 24.1 Å². The summed E-state index contributed by atoms with van der Waals surface area (Å²) in [4.78, 5) is 12.8. The normalized spacial score (nSPS) is 15.2. The van der Waals surface area contributed by atoms with Gasteiger partial charge in [-0.3, -0.25) is 18.8 Å². The Labute approximate surface area is 187 Å². The third kappa shape index (κ3) is 4.25. The van der Waals surface area contributed by atoms with Crippen molar-refractivity contribution >= 4 is 23.2 Å². The highest BCUT2D eigenvalue weighted by atomic mass is 35.5. The Balaban J connectivity index is 1.50. The summed E-state index contributed by atoms with van der Waals surface area (Å²) in [7, 11) is 0. The molecule has 3 aromatic rings. The van der Waals surface area contributed by atoms with Gasteiger partial charge in [-0.15, -0.1) is 0 Å². The van der Waals surface area contributed by atoms with Gasteiger partial charge in [0.1, 0.15) is 6.04 Å². The number of carbonyl (C=O) groups is 1. The Hall–Kier alpha value is -2.82. The van der Waals surface area contributed by atoms with Crippen molar-refractivity contribution in [1.82, 2.24) is 29.3 Å². The number of rotatable bonds is 7. The van der Waals surface area contributed by atoms with Crippen LogP contribution in [0.15, 0.2) is 18.6 Å². The molecule has 0 aromatic carbocycles. The SMILES string of the molecule is CCn1ncc(Cn2cc(NC(=O)C(C)n3nc(C(F)(F)F)c(Cl)c3C3CC3)cn2)c1C. The Bertz CT molecular complexity index is 1140. The molecule has 0 saturated heterocycles. The zero-order valence-corrected chi connectivity index (χ0v) is 18.6. The van der Waals surface area contributed by atoms with Crippen molar-refractivity contribution in [2.45, 2.75) is 64.8 Å². The van der Waals surface area contributed by atoms with E-state index in [1.54, 1.807) is 17.1 Å². The van der Waals surface area contributed by atoms with E-state index in [-0.39, 0.29) is 11.6 Å². The van der Waals surface area contributed by atoms with Gasteiger partial charge < -0.3 is 5.32 Å². The number of hydrogen-bond acceptors (Lipinski definition) is 4. The van der Waals surface area contributed by atoms with Gasteiger partial charge in [-0.1, -0.05) is 11.6 Å². The van der Waals surface area contributed by atoms with Gasteiger partial charge in [0.25, 0.3) is 0 Å². The van der Waals surface area contributed by atoms with Gasteiger partial charge >= 0.3 is 6.18 Å². The fourth-order valence-corrected chi connectivity index (χ4v) is 4.02. The first-order valence-electron chi connectivity index (χ1n) is 10.3. The molecule has 172 valence electrons. The summed E-state index contributed by atoms with van der Waals surface area (Å²) in [5.74, 6) is -0.620. The van der Waals surface area contributed by atoms with Crippen molar-refractivity contribution in [3.63, 3.8) is 0 Å². The van der Waals surface area contributed by atoms with Crippen LogP contribution in [0.3, 0.4) is 0 Å². The van der Waals surface area contributed by atoms with Crippen LogP contribution in [0.1, 0.15) is 61.3 Å². The summed E-state index contributed by atoms with van der Waals surface area (Å²) in [6.45, 7) is 6.72. The maximum Gasteiger partial charge on any atom is 0.436 e. The first kappa shape index (κ1) is 22.4. The minimum absolute atomic E-state index is 0.114. The Morgan fingerprint density at radius 1 is 1.31 bits per heavy atom. The van der Waals surface area contributed by atoms with Gasteiger partial charge in [0.05, 0.1) is 35.3 Å². The maximum absolute atomic E-state index is 13.3. The van der Waals surface area contributed by atoms with Crippen LogP contribution >= 0.6 is 11.6 Å². The molecule has 0 bridgehead atoms. The van der Waals surface area contributed by atoms with E-state index in [4.69, 9.17) is 11.6 Å². The molecule has 1 aliphatic carbocycles. The first-order valence-corrected chi connectivity index (χ1v) is 10.7. The highest BCUT2D eigenvalue weighted by molar-refractivity contribution is 6.32. The van der Waals surface area contributed by atoms with Crippen LogP contribution in [0.5, 0.6) is 0 Å². The number of nitrogens with zero attached hydrogens (tertiary/aromatic N) is 6. The van der Waals surface area contributed by atoms with Crippen LogP contribution < -0.4 is 5.32 Å². The van der Waals surface area contributed by atoms with Crippen LogP contribution in [0.4, 0.5) is 18.9 Å². The van der Waals surface area contributed by atoms with E-state index in [0.29, 0.717) is 12.2 Å². The Morgan fingerprint density at radius 2 is 2.03 bits per heavy atom. The van der Waals surface area contributed by atoms with Gasteiger partial charge in [-0.05, 0) is 33.6 Å². The molecule has 0 aliphatic heterocycles. The lowest BCUT2D eigenvalue weighted by Crippen LogP contribution is -2.26. The molecule has 1 fully saturated rings. The molecule has 0 spiro atoms. The van der Waals surface area contributed by atoms with E-state index >= 15 is 0 Å². The molecule has 4 rings (SSSR count). The molecular weight excluding hydrogens is 447 g/mol. The van der Waals surface area contributed by atoms with Crippen molar-refractivity contribution in [2.75, 3.05) is 5.32 Å². The Morgan fingerprint density at radius 3 is 2.62 bits per heavy atom. The highest BCUT2D eigenvalue weighted by Crippen LogP contribution is 2.47. The predicted octanol–water partition coefficient (Wildman–Crippen LogP) is 4.40. The lowest BCUT2D eigenvalue weighted by molar-refractivity contribution is -0.141. The molecule has 3 aromatic heterocycles. The van der Waals surface area contributed by atoms with Crippen LogP contribution in [0.2, 0.25) is 5.02 Å². The molecule has 1 saturated carbocycles. The lowest BCUT2D eigenvalue weighted by atomic mass is 10.2. The Kier molecular flexibility index (Phi) is 5.78. The number of anilines is 1. The number of alkyl halides is 3. The topological polar surface area (TPSA) is 82.6 Å². The fourth-order valence-electron chi connectivity index (χ4n) is 3.63. The highest BCUT2D eigenvalue weighted by Gasteiger charge is 2.43. The zero-order chi connectivity index (χ0) is 23.2. The van der Waals surface area contributed by atoms with Crippen molar-refractivity contribution in [3.05, 3.63) is 46.3 Å². The van der Waals surface area contributed by atoms with E-state index in [2.05, 4.69) is 20.6 Å². The smallest absolute Gasteiger partial charge is 0.322 e. The van der Waals surface area contributed by atoms with Crippen LogP contribution in [0.25, 0.3) is 0 Å². The number of amides is 1. The van der Waals surface area contributed by atoms with E-state index in [9.17, 15) is 18.0 Å². The number of halogens is 4. The molecule has 1 amide bonds. The number of nitrogens with one attached hydrogen (secondary N) is 1. The second-order valence-electron chi connectivity index (χ2n) is 7.93. The van der Waals surface area contributed by atoms with Gasteiger partial charge in [0.2, 0.25) is 5.91 Å². The van der Waals surface area contributed by atoms with Crippen molar-refractivity contribution in [1.29, 1.82) is 0 Å². The molecule has 0 radical (unpaired) electrons. The number of aryl methyl sites for hydroxylation is 1. The molecule has 1 aliphatic rings. The van der Waals surface area contributed by atoms with Crippen molar-refractivity contribution < 1.29 is 18.0 Å². The minimum atomic E-state index is -4.69.